The first-order valence-corrected chi connectivity index (χ1v) is 5.19. The lowest BCUT2D eigenvalue weighted by molar-refractivity contribution is 0.0366. The van der Waals surface area contributed by atoms with Crippen LogP contribution in [0.2, 0.25) is 0 Å². The Morgan fingerprint density at radius 3 is 2.54 bits per heavy atom. The molecular formula is C10H19NO2. The van der Waals surface area contributed by atoms with Crippen LogP contribution in [0.3, 0.4) is 0 Å². The maximum absolute atomic E-state index is 5.74. The lowest BCUT2D eigenvalue weighted by Gasteiger charge is -2.32. The Morgan fingerprint density at radius 1 is 1.31 bits per heavy atom. The molecular weight excluding hydrogens is 166 g/mol. The third kappa shape index (κ3) is 1.87. The van der Waals surface area contributed by atoms with Crippen LogP contribution in [0.4, 0.5) is 0 Å². The van der Waals surface area contributed by atoms with Gasteiger partial charge in [0.15, 0.2) is 0 Å². The van der Waals surface area contributed by atoms with Crippen molar-refractivity contribution in [3.8, 4) is 0 Å². The molecule has 3 heteroatoms. The summed E-state index contributed by atoms with van der Waals surface area (Å²) < 4.78 is 11.1. The summed E-state index contributed by atoms with van der Waals surface area (Å²) >= 11 is 0. The highest BCUT2D eigenvalue weighted by molar-refractivity contribution is 4.95. The fourth-order valence-electron chi connectivity index (χ4n) is 2.04. The minimum Gasteiger partial charge on any atom is -0.381 e. The van der Waals surface area contributed by atoms with Crippen molar-refractivity contribution in [1.29, 1.82) is 0 Å². The first kappa shape index (κ1) is 9.44. The molecule has 2 aliphatic rings. The van der Waals surface area contributed by atoms with Gasteiger partial charge in [0.05, 0.1) is 6.61 Å². The van der Waals surface area contributed by atoms with Crippen LogP contribution in [0, 0.1) is 5.92 Å². The molecule has 76 valence electrons. The predicted molar refractivity (Wildman–Crippen MR) is 50.5 cm³/mol. The molecule has 0 bridgehead atoms. The van der Waals surface area contributed by atoms with E-state index in [0.717, 1.165) is 32.7 Å². The minimum atomic E-state index is 0.229. The SMILES string of the molecule is CC(C)C1NC2(CCOCC2)CO1. The summed E-state index contributed by atoms with van der Waals surface area (Å²) in [4.78, 5) is 0. The number of hydrogen-bond acceptors (Lipinski definition) is 3. The van der Waals surface area contributed by atoms with E-state index >= 15 is 0 Å². The lowest BCUT2D eigenvalue weighted by atomic mass is 9.91. The summed E-state index contributed by atoms with van der Waals surface area (Å²) in [5.41, 5.74) is 0.229. The second kappa shape index (κ2) is 3.56. The van der Waals surface area contributed by atoms with Gasteiger partial charge in [-0.15, -0.1) is 0 Å². The Balaban J connectivity index is 1.94. The molecule has 0 amide bonds. The lowest BCUT2D eigenvalue weighted by Crippen LogP contribution is -2.49. The molecule has 2 fully saturated rings. The molecule has 1 unspecified atom stereocenters. The van der Waals surface area contributed by atoms with E-state index in [1.165, 1.54) is 0 Å². The van der Waals surface area contributed by atoms with Gasteiger partial charge in [-0.3, -0.25) is 5.32 Å². The van der Waals surface area contributed by atoms with E-state index in [0.29, 0.717) is 5.92 Å². The largest absolute Gasteiger partial charge is 0.381 e. The zero-order chi connectivity index (χ0) is 9.31. The van der Waals surface area contributed by atoms with Crippen molar-refractivity contribution < 1.29 is 9.47 Å². The molecule has 1 N–H and O–H groups in total. The van der Waals surface area contributed by atoms with E-state index in [2.05, 4.69) is 19.2 Å². The molecule has 2 rings (SSSR count). The van der Waals surface area contributed by atoms with Crippen LogP contribution in [0.15, 0.2) is 0 Å². The van der Waals surface area contributed by atoms with Gasteiger partial charge in [-0.25, -0.2) is 0 Å². The average Bonchev–Trinajstić information content (AvgIpc) is 2.51. The second-order valence-electron chi connectivity index (χ2n) is 4.51. The highest BCUT2D eigenvalue weighted by Crippen LogP contribution is 2.28. The van der Waals surface area contributed by atoms with E-state index in [4.69, 9.17) is 9.47 Å². The summed E-state index contributed by atoms with van der Waals surface area (Å²) in [6.45, 7) is 6.99. The second-order valence-corrected chi connectivity index (χ2v) is 4.51. The zero-order valence-electron chi connectivity index (χ0n) is 8.51. The van der Waals surface area contributed by atoms with E-state index < -0.39 is 0 Å². The molecule has 0 aromatic heterocycles. The molecule has 3 nitrogen and oxygen atoms in total. The Kier molecular flexibility index (Phi) is 2.58. The van der Waals surface area contributed by atoms with Crippen molar-refractivity contribution in [2.75, 3.05) is 19.8 Å². The van der Waals surface area contributed by atoms with Crippen LogP contribution >= 0.6 is 0 Å². The van der Waals surface area contributed by atoms with Gasteiger partial charge in [-0.05, 0) is 18.8 Å². The van der Waals surface area contributed by atoms with Gasteiger partial charge >= 0.3 is 0 Å². The Labute approximate surface area is 79.8 Å². The standard InChI is InChI=1S/C10H19NO2/c1-8(2)9-11-10(7-13-9)3-5-12-6-4-10/h8-9,11H,3-7H2,1-2H3. The number of ether oxygens (including phenoxy) is 2. The Hall–Kier alpha value is -0.120. The molecule has 2 heterocycles. The van der Waals surface area contributed by atoms with Gasteiger partial charge in [-0.2, -0.15) is 0 Å². The molecule has 0 saturated carbocycles. The molecule has 0 radical (unpaired) electrons. The monoisotopic (exact) mass is 185 g/mol. The fraction of sp³-hybridized carbons (Fsp3) is 1.00. The average molecular weight is 185 g/mol. The highest BCUT2D eigenvalue weighted by Gasteiger charge is 2.41. The first-order valence-electron chi connectivity index (χ1n) is 5.19. The molecule has 0 aromatic carbocycles. The van der Waals surface area contributed by atoms with Crippen LogP contribution in [0.25, 0.3) is 0 Å². The summed E-state index contributed by atoms with van der Waals surface area (Å²) in [7, 11) is 0. The number of hydrogen-bond donors (Lipinski definition) is 1. The molecule has 13 heavy (non-hydrogen) atoms. The van der Waals surface area contributed by atoms with Gasteiger partial charge < -0.3 is 9.47 Å². The Morgan fingerprint density at radius 2 is 2.00 bits per heavy atom. The summed E-state index contributed by atoms with van der Waals surface area (Å²) in [6, 6.07) is 0. The normalized spacial score (nSPS) is 33.0. The van der Waals surface area contributed by atoms with Crippen molar-refractivity contribution >= 4 is 0 Å². The third-order valence-corrected chi connectivity index (χ3v) is 3.04. The molecule has 2 saturated heterocycles. The van der Waals surface area contributed by atoms with Gasteiger partial charge in [0, 0.05) is 18.8 Å². The summed E-state index contributed by atoms with van der Waals surface area (Å²) in [5.74, 6) is 0.558. The van der Waals surface area contributed by atoms with Crippen molar-refractivity contribution in [3.05, 3.63) is 0 Å². The van der Waals surface area contributed by atoms with Gasteiger partial charge in [0.25, 0.3) is 0 Å². The predicted octanol–water partition coefficient (Wildman–Crippen LogP) is 1.14. The minimum absolute atomic E-state index is 0.229. The molecule has 0 aromatic rings. The van der Waals surface area contributed by atoms with Gasteiger partial charge in [0.2, 0.25) is 0 Å². The highest BCUT2D eigenvalue weighted by atomic mass is 16.5. The van der Waals surface area contributed by atoms with Crippen LogP contribution < -0.4 is 5.32 Å². The molecule has 1 spiro atoms. The van der Waals surface area contributed by atoms with Crippen molar-refractivity contribution in [3.63, 3.8) is 0 Å². The number of rotatable bonds is 1. The quantitative estimate of drug-likeness (QED) is 0.664. The van der Waals surface area contributed by atoms with Crippen molar-refractivity contribution in [2.45, 2.75) is 38.5 Å². The van der Waals surface area contributed by atoms with Crippen LogP contribution in [-0.4, -0.2) is 31.6 Å². The molecule has 0 aliphatic carbocycles. The van der Waals surface area contributed by atoms with Crippen LogP contribution in [-0.2, 0) is 9.47 Å². The third-order valence-electron chi connectivity index (χ3n) is 3.04. The maximum Gasteiger partial charge on any atom is 0.111 e. The van der Waals surface area contributed by atoms with E-state index in [9.17, 15) is 0 Å². The van der Waals surface area contributed by atoms with Crippen molar-refractivity contribution in [2.24, 2.45) is 5.92 Å². The van der Waals surface area contributed by atoms with Crippen molar-refractivity contribution in [1.82, 2.24) is 5.32 Å². The smallest absolute Gasteiger partial charge is 0.111 e. The topological polar surface area (TPSA) is 30.5 Å². The molecule has 2 aliphatic heterocycles. The van der Waals surface area contributed by atoms with E-state index in [-0.39, 0.29) is 11.8 Å². The fourth-order valence-corrected chi connectivity index (χ4v) is 2.04. The first-order chi connectivity index (χ1) is 6.22. The van der Waals surface area contributed by atoms with Crippen LogP contribution in [0.5, 0.6) is 0 Å². The number of nitrogens with one attached hydrogen (secondary N) is 1. The van der Waals surface area contributed by atoms with E-state index in [1.54, 1.807) is 0 Å². The zero-order valence-corrected chi connectivity index (χ0v) is 8.51. The summed E-state index contributed by atoms with van der Waals surface area (Å²) in [5, 5.41) is 3.60. The Bertz CT molecular complexity index is 176. The summed E-state index contributed by atoms with van der Waals surface area (Å²) in [6.07, 6.45) is 2.44. The molecule has 1 atom stereocenters. The van der Waals surface area contributed by atoms with Gasteiger partial charge in [0.1, 0.15) is 6.23 Å². The van der Waals surface area contributed by atoms with Crippen LogP contribution in [0.1, 0.15) is 26.7 Å². The van der Waals surface area contributed by atoms with E-state index in [1.807, 2.05) is 0 Å². The maximum atomic E-state index is 5.74. The van der Waals surface area contributed by atoms with Gasteiger partial charge in [-0.1, -0.05) is 13.8 Å².